The Kier molecular flexibility index (Phi) is 4.95. The van der Waals surface area contributed by atoms with Gasteiger partial charge < -0.3 is 19.6 Å². The molecule has 0 bridgehead atoms. The molecule has 152 valence electrons. The van der Waals surface area contributed by atoms with Crippen molar-refractivity contribution >= 4 is 17.3 Å². The molecule has 7 nitrogen and oxygen atoms in total. The van der Waals surface area contributed by atoms with Crippen LogP contribution in [0.3, 0.4) is 0 Å². The standard InChI is InChI=1S/C21H30N4O3/c1-21(2,3)28-20(27)24-10-8-23(9-11-24)19-13-22-25-14-16(5-7-18(19)25)15-4-6-17(26)12-15/h5,7,13-15,17,26H,4,6,8-12H2,1-3H3. The third-order valence-corrected chi connectivity index (χ3v) is 5.67. The molecule has 1 saturated carbocycles. The maximum atomic E-state index is 12.3. The molecule has 1 amide bonds. The van der Waals surface area contributed by atoms with Crippen molar-refractivity contribution < 1.29 is 14.6 Å². The van der Waals surface area contributed by atoms with Gasteiger partial charge in [-0.05, 0) is 57.6 Å². The van der Waals surface area contributed by atoms with Gasteiger partial charge in [0.15, 0.2) is 0 Å². The van der Waals surface area contributed by atoms with Crippen LogP contribution < -0.4 is 4.90 Å². The highest BCUT2D eigenvalue weighted by Crippen LogP contribution is 2.35. The van der Waals surface area contributed by atoms with Gasteiger partial charge in [-0.25, -0.2) is 9.31 Å². The molecule has 4 rings (SSSR count). The minimum atomic E-state index is -0.469. The summed E-state index contributed by atoms with van der Waals surface area (Å²) in [5, 5.41) is 14.4. The lowest BCUT2D eigenvalue weighted by Crippen LogP contribution is -2.50. The molecule has 0 radical (unpaired) electrons. The summed E-state index contributed by atoms with van der Waals surface area (Å²) in [6, 6.07) is 4.29. The third-order valence-electron chi connectivity index (χ3n) is 5.67. The van der Waals surface area contributed by atoms with Gasteiger partial charge in [-0.15, -0.1) is 0 Å². The lowest BCUT2D eigenvalue weighted by atomic mass is 9.99. The molecule has 0 aromatic carbocycles. The summed E-state index contributed by atoms with van der Waals surface area (Å²) in [5.41, 5.74) is 2.95. The van der Waals surface area contributed by atoms with E-state index < -0.39 is 5.60 Å². The molecule has 2 aromatic heterocycles. The number of fused-ring (bicyclic) bond motifs is 1. The molecule has 7 heteroatoms. The average Bonchev–Trinajstić information content (AvgIpc) is 3.26. The summed E-state index contributed by atoms with van der Waals surface area (Å²) in [6.45, 7) is 8.48. The van der Waals surface area contributed by atoms with Gasteiger partial charge in [0.05, 0.1) is 23.5 Å². The zero-order chi connectivity index (χ0) is 19.9. The molecule has 2 atom stereocenters. The number of aliphatic hydroxyl groups is 1. The first-order valence-electron chi connectivity index (χ1n) is 10.2. The van der Waals surface area contributed by atoms with E-state index in [1.165, 1.54) is 5.56 Å². The van der Waals surface area contributed by atoms with Crippen molar-refractivity contribution in [1.82, 2.24) is 14.5 Å². The van der Waals surface area contributed by atoms with Crippen LogP contribution in [0.5, 0.6) is 0 Å². The summed E-state index contributed by atoms with van der Waals surface area (Å²) in [4.78, 5) is 16.3. The fraction of sp³-hybridized carbons (Fsp3) is 0.619. The summed E-state index contributed by atoms with van der Waals surface area (Å²) in [6.07, 6.45) is 6.35. The van der Waals surface area contributed by atoms with Crippen LogP contribution >= 0.6 is 0 Å². The first-order chi connectivity index (χ1) is 13.3. The van der Waals surface area contributed by atoms with E-state index in [1.807, 2.05) is 31.5 Å². The lowest BCUT2D eigenvalue weighted by Gasteiger charge is -2.36. The van der Waals surface area contributed by atoms with E-state index >= 15 is 0 Å². The molecule has 2 aliphatic rings. The highest BCUT2D eigenvalue weighted by atomic mass is 16.6. The van der Waals surface area contributed by atoms with Crippen molar-refractivity contribution in [3.8, 4) is 0 Å². The predicted octanol–water partition coefficient (Wildman–Crippen LogP) is 3.02. The predicted molar refractivity (Wildman–Crippen MR) is 108 cm³/mol. The number of pyridine rings is 1. The van der Waals surface area contributed by atoms with Crippen LogP contribution in [0.25, 0.3) is 5.52 Å². The largest absolute Gasteiger partial charge is 0.444 e. The fourth-order valence-corrected chi connectivity index (χ4v) is 4.19. The Labute approximate surface area is 165 Å². The number of aromatic nitrogens is 2. The molecular formula is C21H30N4O3. The van der Waals surface area contributed by atoms with Crippen LogP contribution in [0.4, 0.5) is 10.5 Å². The highest BCUT2D eigenvalue weighted by molar-refractivity contribution is 5.74. The van der Waals surface area contributed by atoms with E-state index in [1.54, 1.807) is 4.90 Å². The minimum Gasteiger partial charge on any atom is -0.444 e. The van der Waals surface area contributed by atoms with E-state index in [0.29, 0.717) is 19.0 Å². The first-order valence-corrected chi connectivity index (χ1v) is 10.2. The third kappa shape index (κ3) is 3.94. The number of amides is 1. The van der Waals surface area contributed by atoms with Gasteiger partial charge in [-0.2, -0.15) is 5.10 Å². The molecule has 1 aliphatic carbocycles. The van der Waals surface area contributed by atoms with Crippen molar-refractivity contribution in [2.75, 3.05) is 31.1 Å². The second kappa shape index (κ2) is 7.28. The number of ether oxygens (including phenoxy) is 1. The maximum absolute atomic E-state index is 12.3. The fourth-order valence-electron chi connectivity index (χ4n) is 4.19. The summed E-state index contributed by atoms with van der Waals surface area (Å²) in [7, 11) is 0. The number of rotatable bonds is 2. The number of anilines is 1. The lowest BCUT2D eigenvalue weighted by molar-refractivity contribution is 0.0240. The monoisotopic (exact) mass is 386 g/mol. The SMILES string of the molecule is CC(C)(C)OC(=O)N1CCN(c2cnn3cc(C4CCC(O)C4)ccc23)CC1. The second-order valence-electron chi connectivity index (χ2n) is 8.94. The molecular weight excluding hydrogens is 356 g/mol. The van der Waals surface area contributed by atoms with E-state index in [9.17, 15) is 9.90 Å². The van der Waals surface area contributed by atoms with Gasteiger partial charge in [-0.1, -0.05) is 6.07 Å². The average molecular weight is 386 g/mol. The Morgan fingerprint density at radius 1 is 1.18 bits per heavy atom. The number of carbonyl (C=O) groups is 1. The van der Waals surface area contributed by atoms with Gasteiger partial charge >= 0.3 is 6.09 Å². The summed E-state index contributed by atoms with van der Waals surface area (Å²) >= 11 is 0. The van der Waals surface area contributed by atoms with Crippen molar-refractivity contribution in [3.63, 3.8) is 0 Å². The molecule has 28 heavy (non-hydrogen) atoms. The zero-order valence-corrected chi connectivity index (χ0v) is 17.0. The maximum Gasteiger partial charge on any atom is 0.410 e. The highest BCUT2D eigenvalue weighted by Gasteiger charge is 2.28. The molecule has 1 aliphatic heterocycles. The quantitative estimate of drug-likeness (QED) is 0.859. The van der Waals surface area contributed by atoms with Crippen molar-refractivity contribution in [1.29, 1.82) is 0 Å². The Balaban J connectivity index is 1.43. The van der Waals surface area contributed by atoms with E-state index in [-0.39, 0.29) is 12.2 Å². The van der Waals surface area contributed by atoms with Crippen LogP contribution in [-0.4, -0.2) is 63.6 Å². The van der Waals surface area contributed by atoms with Crippen LogP contribution in [0.1, 0.15) is 51.5 Å². The van der Waals surface area contributed by atoms with Crippen LogP contribution in [0, 0.1) is 0 Å². The van der Waals surface area contributed by atoms with Gasteiger partial charge in [-0.3, -0.25) is 0 Å². The van der Waals surface area contributed by atoms with Gasteiger partial charge in [0.25, 0.3) is 0 Å². The molecule has 2 aromatic rings. The second-order valence-corrected chi connectivity index (χ2v) is 8.94. The van der Waals surface area contributed by atoms with E-state index in [4.69, 9.17) is 4.74 Å². The number of hydrogen-bond donors (Lipinski definition) is 1. The Bertz CT molecular complexity index is 849. The zero-order valence-electron chi connectivity index (χ0n) is 17.0. The van der Waals surface area contributed by atoms with Gasteiger partial charge in [0.1, 0.15) is 5.60 Å². The molecule has 1 saturated heterocycles. The number of carbonyl (C=O) groups excluding carboxylic acids is 1. The Hall–Kier alpha value is -2.28. The van der Waals surface area contributed by atoms with Crippen LogP contribution in [0.2, 0.25) is 0 Å². The van der Waals surface area contributed by atoms with Crippen LogP contribution in [0.15, 0.2) is 24.5 Å². The molecule has 1 N–H and O–H groups in total. The number of nitrogens with zero attached hydrogens (tertiary/aromatic N) is 4. The van der Waals surface area contributed by atoms with Crippen molar-refractivity contribution in [2.24, 2.45) is 0 Å². The smallest absolute Gasteiger partial charge is 0.410 e. The minimum absolute atomic E-state index is 0.171. The molecule has 2 fully saturated rings. The van der Waals surface area contributed by atoms with Crippen molar-refractivity contribution in [2.45, 2.75) is 57.7 Å². The topological polar surface area (TPSA) is 70.3 Å². The molecule has 3 heterocycles. The van der Waals surface area contributed by atoms with E-state index in [2.05, 4.69) is 28.3 Å². The van der Waals surface area contributed by atoms with Gasteiger partial charge in [0.2, 0.25) is 0 Å². The van der Waals surface area contributed by atoms with Crippen molar-refractivity contribution in [3.05, 3.63) is 30.1 Å². The van der Waals surface area contributed by atoms with Gasteiger partial charge in [0, 0.05) is 32.4 Å². The Morgan fingerprint density at radius 2 is 1.93 bits per heavy atom. The van der Waals surface area contributed by atoms with E-state index in [0.717, 1.165) is 43.6 Å². The summed E-state index contributed by atoms with van der Waals surface area (Å²) in [5.74, 6) is 0.421. The first kappa shape index (κ1) is 19.1. The molecule has 2 unspecified atom stereocenters. The van der Waals surface area contributed by atoms with Crippen LogP contribution in [-0.2, 0) is 4.74 Å². The normalized spacial score (nSPS) is 23.4. The number of aliphatic hydroxyl groups excluding tert-OH is 1. The number of hydrogen-bond acceptors (Lipinski definition) is 5. The Morgan fingerprint density at radius 3 is 2.57 bits per heavy atom. The molecule has 0 spiro atoms. The summed E-state index contributed by atoms with van der Waals surface area (Å²) < 4.78 is 7.42. The number of piperazine rings is 1.